The number of carboxylic acids is 1. The van der Waals surface area contributed by atoms with Crippen molar-refractivity contribution >= 4 is 45.1 Å². The Bertz CT molecular complexity index is 733. The van der Waals surface area contributed by atoms with Crippen LogP contribution in [-0.4, -0.2) is 22.1 Å². The van der Waals surface area contributed by atoms with Crippen molar-refractivity contribution in [2.45, 2.75) is 0 Å². The van der Waals surface area contributed by atoms with Gasteiger partial charge in [0, 0.05) is 10.2 Å². The molecule has 0 aliphatic heterocycles. The van der Waals surface area contributed by atoms with Crippen LogP contribution in [0.4, 0.5) is 5.69 Å². The van der Waals surface area contributed by atoms with Gasteiger partial charge in [-0.3, -0.25) is 4.79 Å². The Balaban J connectivity index is 2.26. The second-order valence-electron chi connectivity index (χ2n) is 4.12. The minimum Gasteiger partial charge on any atom is -0.507 e. The summed E-state index contributed by atoms with van der Waals surface area (Å²) in [7, 11) is 0. The van der Waals surface area contributed by atoms with Crippen LogP contribution in [0, 0.1) is 0 Å². The highest BCUT2D eigenvalue weighted by Crippen LogP contribution is 2.25. The highest BCUT2D eigenvalue weighted by Gasteiger charge is 2.14. The Hall–Kier alpha value is -2.05. The van der Waals surface area contributed by atoms with E-state index < -0.39 is 11.9 Å². The lowest BCUT2D eigenvalue weighted by atomic mass is 10.1. The Morgan fingerprint density at radius 1 is 1.10 bits per heavy atom. The number of phenols is 1. The SMILES string of the molecule is O=C(Nc1ccc(C(=O)O)c(Cl)c1)c1cc(Br)ccc1O. The maximum Gasteiger partial charge on any atom is 0.337 e. The molecule has 2 aromatic rings. The number of hydrogen-bond donors (Lipinski definition) is 3. The number of hydrogen-bond acceptors (Lipinski definition) is 3. The van der Waals surface area contributed by atoms with Gasteiger partial charge in [-0.15, -0.1) is 0 Å². The van der Waals surface area contributed by atoms with Gasteiger partial charge in [0.2, 0.25) is 0 Å². The molecule has 1 amide bonds. The summed E-state index contributed by atoms with van der Waals surface area (Å²) in [6, 6.07) is 8.50. The summed E-state index contributed by atoms with van der Waals surface area (Å²) in [5, 5.41) is 21.1. The number of benzene rings is 2. The molecule has 0 atom stereocenters. The third-order valence-electron chi connectivity index (χ3n) is 2.66. The van der Waals surface area contributed by atoms with Crippen LogP contribution in [0.1, 0.15) is 20.7 Å². The van der Waals surface area contributed by atoms with Crippen molar-refractivity contribution in [2.75, 3.05) is 5.32 Å². The number of phenolic OH excluding ortho intramolecular Hbond substituents is 1. The van der Waals surface area contributed by atoms with Gasteiger partial charge in [-0.2, -0.15) is 0 Å². The number of carboxylic acid groups (broad SMARTS) is 1. The normalized spacial score (nSPS) is 10.2. The van der Waals surface area contributed by atoms with E-state index in [9.17, 15) is 14.7 Å². The van der Waals surface area contributed by atoms with Crippen LogP contribution in [0.3, 0.4) is 0 Å². The third-order valence-corrected chi connectivity index (χ3v) is 3.47. The average Bonchev–Trinajstić information content (AvgIpc) is 2.41. The van der Waals surface area contributed by atoms with Crippen molar-refractivity contribution in [3.8, 4) is 5.75 Å². The van der Waals surface area contributed by atoms with E-state index in [1.54, 1.807) is 6.07 Å². The van der Waals surface area contributed by atoms with Crippen LogP contribution in [0.15, 0.2) is 40.9 Å². The predicted molar refractivity (Wildman–Crippen MR) is 82.2 cm³/mol. The first-order valence-electron chi connectivity index (χ1n) is 5.71. The number of anilines is 1. The van der Waals surface area contributed by atoms with Crippen LogP contribution < -0.4 is 5.32 Å². The summed E-state index contributed by atoms with van der Waals surface area (Å²) in [6.45, 7) is 0. The second kappa shape index (κ2) is 6.15. The summed E-state index contributed by atoms with van der Waals surface area (Å²) >= 11 is 9.03. The van der Waals surface area contributed by atoms with E-state index in [4.69, 9.17) is 16.7 Å². The highest BCUT2D eigenvalue weighted by atomic mass is 79.9. The van der Waals surface area contributed by atoms with E-state index in [-0.39, 0.29) is 21.9 Å². The monoisotopic (exact) mass is 369 g/mol. The van der Waals surface area contributed by atoms with Crippen LogP contribution in [0.2, 0.25) is 5.02 Å². The van der Waals surface area contributed by atoms with Crippen molar-refractivity contribution in [3.63, 3.8) is 0 Å². The summed E-state index contributed by atoms with van der Waals surface area (Å²) in [6.07, 6.45) is 0. The summed E-state index contributed by atoms with van der Waals surface area (Å²) in [4.78, 5) is 22.9. The molecule has 3 N–H and O–H groups in total. The van der Waals surface area contributed by atoms with Crippen molar-refractivity contribution in [1.82, 2.24) is 0 Å². The number of carbonyl (C=O) groups is 2. The Labute approximate surface area is 133 Å². The molecule has 0 saturated carbocycles. The smallest absolute Gasteiger partial charge is 0.337 e. The molecule has 0 aliphatic carbocycles. The van der Waals surface area contributed by atoms with Crippen molar-refractivity contribution in [1.29, 1.82) is 0 Å². The molecule has 2 aromatic carbocycles. The standard InChI is InChI=1S/C14H9BrClNO4/c15-7-1-4-12(18)10(5-7)13(19)17-8-2-3-9(14(20)21)11(16)6-8/h1-6,18H,(H,17,19)(H,20,21). The first kappa shape index (κ1) is 15.3. The molecule has 0 radical (unpaired) electrons. The fraction of sp³-hybridized carbons (Fsp3) is 0. The number of aromatic hydroxyl groups is 1. The molecule has 0 fully saturated rings. The highest BCUT2D eigenvalue weighted by molar-refractivity contribution is 9.10. The number of nitrogens with one attached hydrogen (secondary N) is 1. The molecular formula is C14H9BrClNO4. The van der Waals surface area contributed by atoms with Crippen LogP contribution in [0.25, 0.3) is 0 Å². The van der Waals surface area contributed by atoms with E-state index in [0.717, 1.165) is 0 Å². The number of aromatic carboxylic acids is 1. The molecule has 0 aliphatic rings. The fourth-order valence-corrected chi connectivity index (χ4v) is 2.28. The van der Waals surface area contributed by atoms with Crippen molar-refractivity contribution < 1.29 is 19.8 Å². The van der Waals surface area contributed by atoms with Crippen LogP contribution >= 0.6 is 27.5 Å². The second-order valence-corrected chi connectivity index (χ2v) is 5.44. The molecule has 0 spiro atoms. The Kier molecular flexibility index (Phi) is 4.50. The number of halogens is 2. The fourth-order valence-electron chi connectivity index (χ4n) is 1.65. The molecular weight excluding hydrogens is 362 g/mol. The molecule has 21 heavy (non-hydrogen) atoms. The number of rotatable bonds is 3. The molecule has 0 saturated heterocycles. The zero-order valence-corrected chi connectivity index (χ0v) is 12.8. The topological polar surface area (TPSA) is 86.6 Å². The molecule has 0 heterocycles. The Morgan fingerprint density at radius 2 is 1.81 bits per heavy atom. The van der Waals surface area contributed by atoms with E-state index in [1.807, 2.05) is 0 Å². The lowest BCUT2D eigenvalue weighted by molar-refractivity contribution is 0.0697. The van der Waals surface area contributed by atoms with Gasteiger partial charge < -0.3 is 15.5 Å². The van der Waals surface area contributed by atoms with Gasteiger partial charge >= 0.3 is 5.97 Å². The van der Waals surface area contributed by atoms with Gasteiger partial charge in [-0.05, 0) is 36.4 Å². The van der Waals surface area contributed by atoms with Gasteiger partial charge in [0.15, 0.2) is 0 Å². The minimum atomic E-state index is -1.15. The first-order chi connectivity index (χ1) is 9.88. The largest absolute Gasteiger partial charge is 0.507 e. The Morgan fingerprint density at radius 3 is 2.43 bits per heavy atom. The van der Waals surface area contributed by atoms with Crippen LogP contribution in [0.5, 0.6) is 5.75 Å². The molecule has 108 valence electrons. The average molecular weight is 371 g/mol. The number of amides is 1. The molecule has 5 nitrogen and oxygen atoms in total. The molecule has 2 rings (SSSR count). The summed E-state index contributed by atoms with van der Waals surface area (Å²) < 4.78 is 0.643. The minimum absolute atomic E-state index is 0.0127. The lowest BCUT2D eigenvalue weighted by Gasteiger charge is -2.08. The van der Waals surface area contributed by atoms with E-state index >= 15 is 0 Å². The van der Waals surface area contributed by atoms with Crippen LogP contribution in [-0.2, 0) is 0 Å². The van der Waals surface area contributed by atoms with Gasteiger partial charge in [0.05, 0.1) is 16.1 Å². The van der Waals surface area contributed by atoms with E-state index in [1.165, 1.54) is 30.3 Å². The lowest BCUT2D eigenvalue weighted by Crippen LogP contribution is -2.12. The van der Waals surface area contributed by atoms with Gasteiger partial charge in [0.1, 0.15) is 5.75 Å². The zero-order valence-electron chi connectivity index (χ0n) is 10.4. The zero-order chi connectivity index (χ0) is 15.6. The molecule has 0 bridgehead atoms. The number of carbonyl (C=O) groups excluding carboxylic acids is 1. The molecule has 7 heteroatoms. The van der Waals surface area contributed by atoms with Gasteiger partial charge in [0.25, 0.3) is 5.91 Å². The summed E-state index contributed by atoms with van der Waals surface area (Å²) in [5.74, 6) is -1.85. The third kappa shape index (κ3) is 3.53. The maximum atomic E-state index is 12.1. The van der Waals surface area contributed by atoms with Gasteiger partial charge in [-0.1, -0.05) is 27.5 Å². The first-order valence-corrected chi connectivity index (χ1v) is 6.88. The predicted octanol–water partition coefficient (Wildman–Crippen LogP) is 3.76. The van der Waals surface area contributed by atoms with E-state index in [2.05, 4.69) is 21.2 Å². The van der Waals surface area contributed by atoms with Gasteiger partial charge in [-0.25, -0.2) is 4.79 Å². The maximum absolute atomic E-state index is 12.1. The molecule has 0 unspecified atom stereocenters. The van der Waals surface area contributed by atoms with Crippen molar-refractivity contribution in [2.24, 2.45) is 0 Å². The quantitative estimate of drug-likeness (QED) is 0.768. The van der Waals surface area contributed by atoms with E-state index in [0.29, 0.717) is 10.2 Å². The summed E-state index contributed by atoms with van der Waals surface area (Å²) in [5.41, 5.74) is 0.358. The molecule has 0 aromatic heterocycles. The van der Waals surface area contributed by atoms with Crippen molar-refractivity contribution in [3.05, 3.63) is 57.0 Å².